The van der Waals surface area contributed by atoms with Crippen LogP contribution in [0.2, 0.25) is 0 Å². The van der Waals surface area contributed by atoms with Crippen LogP contribution in [-0.2, 0) is 6.54 Å². The van der Waals surface area contributed by atoms with Gasteiger partial charge in [-0.15, -0.1) is 0 Å². The van der Waals surface area contributed by atoms with E-state index in [-0.39, 0.29) is 0 Å². The van der Waals surface area contributed by atoms with Crippen LogP contribution in [0, 0.1) is 13.8 Å². The van der Waals surface area contributed by atoms with Crippen molar-refractivity contribution in [2.24, 2.45) is 0 Å². The summed E-state index contributed by atoms with van der Waals surface area (Å²) in [6, 6.07) is 6.25. The van der Waals surface area contributed by atoms with E-state index in [1.807, 2.05) is 25.9 Å². The minimum absolute atomic E-state index is 0.502. The largest absolute Gasteiger partial charge is 0.388 e. The van der Waals surface area contributed by atoms with Gasteiger partial charge < -0.3 is 15.3 Å². The quantitative estimate of drug-likeness (QED) is 0.805. The first-order valence-corrected chi connectivity index (χ1v) is 7.83. The number of nitrogens with zero attached hydrogens (tertiary/aromatic N) is 4. The Kier molecular flexibility index (Phi) is 5.51. The van der Waals surface area contributed by atoms with Crippen molar-refractivity contribution in [3.05, 3.63) is 41.2 Å². The first-order valence-electron chi connectivity index (χ1n) is 7.83. The molecule has 0 radical (unpaired) electrons. The van der Waals surface area contributed by atoms with E-state index in [9.17, 15) is 5.11 Å². The molecule has 0 saturated carbocycles. The van der Waals surface area contributed by atoms with Crippen molar-refractivity contribution in [1.82, 2.24) is 25.2 Å². The van der Waals surface area contributed by atoms with Gasteiger partial charge in [-0.25, -0.2) is 0 Å². The van der Waals surface area contributed by atoms with Gasteiger partial charge in [-0.05, 0) is 58.1 Å². The number of rotatable bonds is 7. The molecule has 1 aromatic heterocycles. The van der Waals surface area contributed by atoms with Crippen LogP contribution in [-0.4, -0.2) is 57.8 Å². The van der Waals surface area contributed by atoms with Gasteiger partial charge in [0.25, 0.3) is 0 Å². The summed E-state index contributed by atoms with van der Waals surface area (Å²) in [7, 11) is 3.90. The van der Waals surface area contributed by atoms with E-state index in [1.165, 1.54) is 11.1 Å². The fraction of sp³-hybridized carbons (Fsp3) is 0.529. The molecule has 0 aliphatic carbocycles. The number of benzene rings is 1. The van der Waals surface area contributed by atoms with Crippen molar-refractivity contribution < 1.29 is 5.11 Å². The molecule has 126 valence electrons. The average Bonchev–Trinajstić information content (AvgIpc) is 2.84. The normalized spacial score (nSPS) is 14.2. The predicted octanol–water partition coefficient (Wildman–Crippen LogP) is 1.29. The lowest BCUT2D eigenvalue weighted by atomic mass is 10.1. The summed E-state index contributed by atoms with van der Waals surface area (Å²) < 4.78 is 0. The van der Waals surface area contributed by atoms with Gasteiger partial charge in [0, 0.05) is 19.6 Å². The van der Waals surface area contributed by atoms with E-state index in [1.54, 1.807) is 11.0 Å². The molecule has 2 N–H and O–H groups in total. The lowest BCUT2D eigenvalue weighted by molar-refractivity contribution is 0.0335. The van der Waals surface area contributed by atoms with Gasteiger partial charge >= 0.3 is 0 Å². The topological polar surface area (TPSA) is 66.2 Å². The Morgan fingerprint density at radius 2 is 1.87 bits per heavy atom. The number of hydrogen-bond acceptors (Lipinski definition) is 5. The SMILES string of the molecule is Cc1cc(C)cc(-n2ncc(CNCC(C)(O)CN(C)C)n2)c1. The van der Waals surface area contributed by atoms with Gasteiger partial charge in [-0.2, -0.15) is 15.0 Å². The number of likely N-dealkylation sites (N-methyl/N-ethyl adjacent to an activating group) is 1. The van der Waals surface area contributed by atoms with Crippen LogP contribution in [0.25, 0.3) is 5.69 Å². The van der Waals surface area contributed by atoms with Crippen molar-refractivity contribution in [3.63, 3.8) is 0 Å². The first-order chi connectivity index (χ1) is 10.7. The summed E-state index contributed by atoms with van der Waals surface area (Å²) in [5.74, 6) is 0. The molecule has 1 atom stereocenters. The molecule has 0 saturated heterocycles. The van der Waals surface area contributed by atoms with E-state index in [0.29, 0.717) is 19.6 Å². The molecule has 1 heterocycles. The molecule has 0 fully saturated rings. The molecule has 0 bridgehead atoms. The number of aromatic nitrogens is 3. The first kappa shape index (κ1) is 17.6. The third-order valence-electron chi connectivity index (χ3n) is 3.45. The highest BCUT2D eigenvalue weighted by Crippen LogP contribution is 2.12. The summed E-state index contributed by atoms with van der Waals surface area (Å²) in [5, 5.41) is 22.3. The zero-order valence-electron chi connectivity index (χ0n) is 14.7. The Balaban J connectivity index is 1.95. The number of aryl methyl sites for hydroxylation is 2. The third-order valence-corrected chi connectivity index (χ3v) is 3.45. The van der Waals surface area contributed by atoms with Crippen LogP contribution < -0.4 is 5.32 Å². The molecule has 6 heteroatoms. The lowest BCUT2D eigenvalue weighted by Crippen LogP contribution is -2.45. The van der Waals surface area contributed by atoms with Crippen LogP contribution in [0.3, 0.4) is 0 Å². The molecule has 6 nitrogen and oxygen atoms in total. The van der Waals surface area contributed by atoms with Gasteiger partial charge in [0.2, 0.25) is 0 Å². The maximum atomic E-state index is 10.3. The molecule has 23 heavy (non-hydrogen) atoms. The van der Waals surface area contributed by atoms with E-state index >= 15 is 0 Å². The van der Waals surface area contributed by atoms with Gasteiger partial charge in [-0.1, -0.05) is 6.07 Å². The van der Waals surface area contributed by atoms with E-state index in [2.05, 4.69) is 47.6 Å². The second kappa shape index (κ2) is 7.21. The number of aliphatic hydroxyl groups is 1. The predicted molar refractivity (Wildman–Crippen MR) is 91.7 cm³/mol. The number of hydrogen-bond donors (Lipinski definition) is 2. The standard InChI is InChI=1S/C17H27N5O/c1-13-6-14(2)8-16(7-13)22-19-10-15(20-22)9-18-11-17(3,23)12-21(4)5/h6-8,10,18,23H,9,11-12H2,1-5H3. The molecule has 0 aliphatic heterocycles. The van der Waals surface area contributed by atoms with E-state index < -0.39 is 5.60 Å². The maximum absolute atomic E-state index is 10.3. The summed E-state index contributed by atoms with van der Waals surface area (Å²) in [5.41, 5.74) is 3.43. The van der Waals surface area contributed by atoms with Crippen molar-refractivity contribution in [1.29, 1.82) is 0 Å². The molecule has 0 amide bonds. The zero-order valence-corrected chi connectivity index (χ0v) is 14.7. The third kappa shape index (κ3) is 5.42. The Morgan fingerprint density at radius 3 is 2.48 bits per heavy atom. The molecule has 1 aromatic carbocycles. The van der Waals surface area contributed by atoms with Gasteiger partial charge in [0.1, 0.15) is 0 Å². The summed E-state index contributed by atoms with van der Waals surface area (Å²) in [6.45, 7) is 7.64. The molecular formula is C17H27N5O. The second-order valence-corrected chi connectivity index (χ2v) is 6.81. The summed E-state index contributed by atoms with van der Waals surface area (Å²) in [4.78, 5) is 3.62. The Labute approximate surface area is 138 Å². The number of nitrogens with one attached hydrogen (secondary N) is 1. The van der Waals surface area contributed by atoms with Gasteiger partial charge in [-0.3, -0.25) is 0 Å². The minimum Gasteiger partial charge on any atom is -0.388 e. The molecular weight excluding hydrogens is 290 g/mol. The fourth-order valence-electron chi connectivity index (χ4n) is 2.76. The molecule has 0 spiro atoms. The summed E-state index contributed by atoms with van der Waals surface area (Å²) in [6.07, 6.45) is 1.76. The van der Waals surface area contributed by atoms with E-state index in [0.717, 1.165) is 11.4 Å². The van der Waals surface area contributed by atoms with Crippen LogP contribution in [0.5, 0.6) is 0 Å². The van der Waals surface area contributed by atoms with Crippen molar-refractivity contribution >= 4 is 0 Å². The van der Waals surface area contributed by atoms with Crippen LogP contribution in [0.15, 0.2) is 24.4 Å². The Hall–Kier alpha value is -1.76. The highest BCUT2D eigenvalue weighted by atomic mass is 16.3. The Bertz CT molecular complexity index is 628. The highest BCUT2D eigenvalue weighted by Gasteiger charge is 2.20. The molecule has 1 unspecified atom stereocenters. The second-order valence-electron chi connectivity index (χ2n) is 6.81. The Morgan fingerprint density at radius 1 is 1.22 bits per heavy atom. The van der Waals surface area contributed by atoms with Crippen LogP contribution in [0.1, 0.15) is 23.7 Å². The van der Waals surface area contributed by atoms with Gasteiger partial charge in [0.15, 0.2) is 0 Å². The molecule has 0 aliphatic rings. The van der Waals surface area contributed by atoms with Gasteiger partial charge in [0.05, 0.1) is 23.2 Å². The monoisotopic (exact) mass is 317 g/mol. The highest BCUT2D eigenvalue weighted by molar-refractivity contribution is 5.37. The zero-order chi connectivity index (χ0) is 17.0. The van der Waals surface area contributed by atoms with Crippen molar-refractivity contribution in [3.8, 4) is 5.69 Å². The van der Waals surface area contributed by atoms with E-state index in [4.69, 9.17) is 0 Å². The smallest absolute Gasteiger partial charge is 0.0969 e. The van der Waals surface area contributed by atoms with Crippen LogP contribution in [0.4, 0.5) is 0 Å². The summed E-state index contributed by atoms with van der Waals surface area (Å²) >= 11 is 0. The fourth-order valence-corrected chi connectivity index (χ4v) is 2.76. The minimum atomic E-state index is -0.771. The molecule has 2 rings (SSSR count). The lowest BCUT2D eigenvalue weighted by Gasteiger charge is -2.27. The van der Waals surface area contributed by atoms with Crippen molar-refractivity contribution in [2.45, 2.75) is 32.9 Å². The molecule has 2 aromatic rings. The van der Waals surface area contributed by atoms with Crippen LogP contribution >= 0.6 is 0 Å². The van der Waals surface area contributed by atoms with Crippen molar-refractivity contribution in [2.75, 3.05) is 27.2 Å². The maximum Gasteiger partial charge on any atom is 0.0969 e. The average molecular weight is 317 g/mol.